The first-order valence-electron chi connectivity index (χ1n) is 6.77. The third-order valence-corrected chi connectivity index (χ3v) is 2.96. The Morgan fingerprint density at radius 3 is 3.00 bits per heavy atom. The Morgan fingerprint density at radius 1 is 1.42 bits per heavy atom. The molecule has 2 heterocycles. The fraction of sp³-hybridized carbons (Fsp3) is 0.833. The van der Waals surface area contributed by atoms with E-state index in [0.29, 0.717) is 31.5 Å². The van der Waals surface area contributed by atoms with Crippen LogP contribution in [0.3, 0.4) is 0 Å². The molecule has 2 unspecified atom stereocenters. The molecule has 2 atom stereocenters. The summed E-state index contributed by atoms with van der Waals surface area (Å²) < 4.78 is 11.2. The van der Waals surface area contributed by atoms with Gasteiger partial charge in [0.2, 0.25) is 5.89 Å². The predicted octanol–water partition coefficient (Wildman–Crippen LogP) is 0.155. The molecule has 7 nitrogen and oxygen atoms in total. The van der Waals surface area contributed by atoms with Crippen molar-refractivity contribution in [3.8, 4) is 0 Å². The normalized spacial score (nSPS) is 23.8. The van der Waals surface area contributed by atoms with Gasteiger partial charge in [-0.1, -0.05) is 12.0 Å². The molecular formula is C12H22N4O3. The van der Waals surface area contributed by atoms with E-state index in [1.807, 2.05) is 11.8 Å². The van der Waals surface area contributed by atoms with Crippen LogP contribution in [0.4, 0.5) is 6.01 Å². The lowest BCUT2D eigenvalue weighted by atomic mass is 10.2. The van der Waals surface area contributed by atoms with Crippen molar-refractivity contribution >= 4 is 6.01 Å². The van der Waals surface area contributed by atoms with Gasteiger partial charge in [-0.15, -0.1) is 5.10 Å². The van der Waals surface area contributed by atoms with Crippen LogP contribution in [0.15, 0.2) is 4.42 Å². The maximum atomic E-state index is 9.19. The molecule has 0 saturated carbocycles. The molecule has 0 radical (unpaired) electrons. The van der Waals surface area contributed by atoms with Crippen LogP contribution in [0.1, 0.15) is 26.2 Å². The summed E-state index contributed by atoms with van der Waals surface area (Å²) in [5.41, 5.74) is 0. The first-order chi connectivity index (χ1) is 9.22. The average molecular weight is 270 g/mol. The number of hydrogen-bond donors (Lipinski definition) is 2. The van der Waals surface area contributed by atoms with Crippen molar-refractivity contribution in [3.05, 3.63) is 5.89 Å². The zero-order chi connectivity index (χ0) is 13.7. The molecule has 1 aromatic heterocycles. The van der Waals surface area contributed by atoms with Crippen molar-refractivity contribution < 1.29 is 14.3 Å². The molecular weight excluding hydrogens is 248 g/mol. The van der Waals surface area contributed by atoms with E-state index >= 15 is 0 Å². The van der Waals surface area contributed by atoms with Gasteiger partial charge in [-0.3, -0.25) is 0 Å². The third kappa shape index (κ3) is 3.89. The molecule has 0 bridgehead atoms. The van der Waals surface area contributed by atoms with E-state index in [1.54, 1.807) is 0 Å². The largest absolute Gasteiger partial charge is 0.407 e. The quantitative estimate of drug-likeness (QED) is 0.712. The number of morpholine rings is 1. The first kappa shape index (κ1) is 14.2. The molecule has 2 N–H and O–H groups in total. The van der Waals surface area contributed by atoms with E-state index in [4.69, 9.17) is 9.15 Å². The second-order valence-corrected chi connectivity index (χ2v) is 4.81. The summed E-state index contributed by atoms with van der Waals surface area (Å²) in [7, 11) is 0. The number of nitrogens with zero attached hydrogens (tertiary/aromatic N) is 3. The Morgan fingerprint density at radius 2 is 2.26 bits per heavy atom. The van der Waals surface area contributed by atoms with Gasteiger partial charge in [0, 0.05) is 6.54 Å². The Labute approximate surface area is 112 Å². The fourth-order valence-electron chi connectivity index (χ4n) is 2.12. The van der Waals surface area contributed by atoms with Crippen LogP contribution >= 0.6 is 0 Å². The van der Waals surface area contributed by atoms with E-state index in [9.17, 15) is 5.11 Å². The number of ether oxygens (including phenoxy) is 1. The highest BCUT2D eigenvalue weighted by molar-refractivity contribution is 5.25. The molecule has 0 aliphatic carbocycles. The number of aromatic nitrogens is 2. The maximum absolute atomic E-state index is 9.19. The van der Waals surface area contributed by atoms with Gasteiger partial charge < -0.3 is 24.5 Å². The molecule has 0 spiro atoms. The van der Waals surface area contributed by atoms with E-state index in [2.05, 4.69) is 22.4 Å². The fourth-order valence-corrected chi connectivity index (χ4v) is 2.12. The standard InChI is InChI=1S/C12H22N4O3/c1-3-4-13-5-11-14-15-12(19-11)16-6-9(2)18-10(7-16)8-17/h9-10,13,17H,3-8H2,1-2H3. The van der Waals surface area contributed by atoms with Gasteiger partial charge in [-0.2, -0.15) is 0 Å². The van der Waals surface area contributed by atoms with Crippen LogP contribution < -0.4 is 10.2 Å². The number of aliphatic hydroxyl groups excluding tert-OH is 1. The molecule has 0 amide bonds. The summed E-state index contributed by atoms with van der Waals surface area (Å²) >= 11 is 0. The lowest BCUT2D eigenvalue weighted by Crippen LogP contribution is -2.48. The van der Waals surface area contributed by atoms with Gasteiger partial charge in [0.05, 0.1) is 31.9 Å². The van der Waals surface area contributed by atoms with Crippen molar-refractivity contribution in [2.75, 3.05) is 31.1 Å². The van der Waals surface area contributed by atoms with Gasteiger partial charge in [0.25, 0.3) is 0 Å². The van der Waals surface area contributed by atoms with Crippen molar-refractivity contribution in [3.63, 3.8) is 0 Å². The van der Waals surface area contributed by atoms with E-state index in [1.165, 1.54) is 0 Å². The Balaban J connectivity index is 1.93. The van der Waals surface area contributed by atoms with E-state index < -0.39 is 0 Å². The summed E-state index contributed by atoms with van der Waals surface area (Å²) in [5, 5.41) is 20.5. The highest BCUT2D eigenvalue weighted by Gasteiger charge is 2.27. The number of rotatable bonds is 6. The summed E-state index contributed by atoms with van der Waals surface area (Å²) in [5.74, 6) is 0.586. The molecule has 1 fully saturated rings. The topological polar surface area (TPSA) is 83.7 Å². The molecule has 0 aromatic carbocycles. The number of nitrogens with one attached hydrogen (secondary N) is 1. The second-order valence-electron chi connectivity index (χ2n) is 4.81. The van der Waals surface area contributed by atoms with Crippen LogP contribution in [0.5, 0.6) is 0 Å². The maximum Gasteiger partial charge on any atom is 0.318 e. The van der Waals surface area contributed by atoms with Crippen molar-refractivity contribution in [2.24, 2.45) is 0 Å². The van der Waals surface area contributed by atoms with Gasteiger partial charge in [0.1, 0.15) is 0 Å². The van der Waals surface area contributed by atoms with Gasteiger partial charge >= 0.3 is 6.01 Å². The van der Waals surface area contributed by atoms with Crippen molar-refractivity contribution in [2.45, 2.75) is 39.0 Å². The van der Waals surface area contributed by atoms with Gasteiger partial charge in [-0.05, 0) is 19.9 Å². The zero-order valence-electron chi connectivity index (χ0n) is 11.5. The van der Waals surface area contributed by atoms with Crippen molar-refractivity contribution in [1.82, 2.24) is 15.5 Å². The average Bonchev–Trinajstić information content (AvgIpc) is 2.87. The SMILES string of the molecule is CCCNCc1nnc(N2CC(C)OC(CO)C2)o1. The van der Waals surface area contributed by atoms with E-state index in [0.717, 1.165) is 13.0 Å². The molecule has 1 aromatic rings. The van der Waals surface area contributed by atoms with Gasteiger partial charge in [-0.25, -0.2) is 0 Å². The van der Waals surface area contributed by atoms with E-state index in [-0.39, 0.29) is 18.8 Å². The van der Waals surface area contributed by atoms with Gasteiger partial charge in [0.15, 0.2) is 0 Å². The number of aliphatic hydroxyl groups is 1. The van der Waals surface area contributed by atoms with Crippen LogP contribution in [0.2, 0.25) is 0 Å². The summed E-state index contributed by atoms with van der Waals surface area (Å²) in [4.78, 5) is 1.96. The molecule has 1 aliphatic rings. The highest BCUT2D eigenvalue weighted by Crippen LogP contribution is 2.18. The Hall–Kier alpha value is -1.18. The van der Waals surface area contributed by atoms with Crippen LogP contribution in [0, 0.1) is 0 Å². The smallest absolute Gasteiger partial charge is 0.318 e. The third-order valence-electron chi connectivity index (χ3n) is 2.96. The van der Waals surface area contributed by atoms with Crippen molar-refractivity contribution in [1.29, 1.82) is 0 Å². The Bertz CT molecular complexity index is 385. The lowest BCUT2D eigenvalue weighted by Gasteiger charge is -2.34. The minimum absolute atomic E-state index is 0.000109. The molecule has 7 heteroatoms. The molecule has 108 valence electrons. The molecule has 2 rings (SSSR count). The monoisotopic (exact) mass is 270 g/mol. The summed E-state index contributed by atoms with van der Waals surface area (Å²) in [6.45, 7) is 6.86. The zero-order valence-corrected chi connectivity index (χ0v) is 11.5. The number of hydrogen-bond acceptors (Lipinski definition) is 7. The first-order valence-corrected chi connectivity index (χ1v) is 6.77. The highest BCUT2D eigenvalue weighted by atomic mass is 16.5. The minimum atomic E-state index is -0.197. The number of anilines is 1. The van der Waals surface area contributed by atoms with Crippen LogP contribution in [-0.2, 0) is 11.3 Å². The molecule has 1 aliphatic heterocycles. The predicted molar refractivity (Wildman–Crippen MR) is 69.9 cm³/mol. The lowest BCUT2D eigenvalue weighted by molar-refractivity contribution is -0.0433. The van der Waals surface area contributed by atoms with Crippen LogP contribution in [-0.4, -0.2) is 53.8 Å². The summed E-state index contributed by atoms with van der Waals surface area (Å²) in [6.07, 6.45) is 0.914. The molecule has 19 heavy (non-hydrogen) atoms. The van der Waals surface area contributed by atoms with Crippen LogP contribution in [0.25, 0.3) is 0 Å². The minimum Gasteiger partial charge on any atom is -0.407 e. The molecule has 1 saturated heterocycles. The Kier molecular flexibility index (Phi) is 5.12. The summed E-state index contributed by atoms with van der Waals surface area (Å²) in [6, 6.07) is 0.502. The second kappa shape index (κ2) is 6.83.